The molecule has 29 heavy (non-hydrogen) atoms. The van der Waals surface area contributed by atoms with E-state index in [0.29, 0.717) is 36.2 Å². The van der Waals surface area contributed by atoms with Crippen LogP contribution < -0.4 is 15.6 Å². The van der Waals surface area contributed by atoms with E-state index in [2.05, 4.69) is 15.3 Å². The number of amides is 1. The molecule has 4 rings (SSSR count). The number of benzene rings is 1. The van der Waals surface area contributed by atoms with Crippen molar-refractivity contribution in [1.82, 2.24) is 19.9 Å². The summed E-state index contributed by atoms with van der Waals surface area (Å²) in [6.45, 7) is 0.957. The van der Waals surface area contributed by atoms with Gasteiger partial charge in [0.05, 0.1) is 12.7 Å². The van der Waals surface area contributed by atoms with Gasteiger partial charge in [0.25, 0.3) is 11.5 Å². The summed E-state index contributed by atoms with van der Waals surface area (Å²) in [6, 6.07) is 9.08. The van der Waals surface area contributed by atoms with E-state index in [1.807, 2.05) is 24.3 Å². The molecule has 0 radical (unpaired) electrons. The zero-order valence-corrected chi connectivity index (χ0v) is 16.2. The standard InChI is InChI=1S/C22H22N4O3/c1-29-19-8-3-2-6-15(19)13-25-22(28)21-17(16-11-23-14-24-12-16)10-20(27)26-9-5-4-7-18(21)26/h2-3,6,8,10-12,14H,4-5,7,9,13H2,1H3,(H,25,28). The Bertz CT molecular complexity index is 1090. The molecule has 0 aliphatic carbocycles. The summed E-state index contributed by atoms with van der Waals surface area (Å²) >= 11 is 0. The van der Waals surface area contributed by atoms with Crippen LogP contribution in [-0.4, -0.2) is 27.6 Å². The van der Waals surface area contributed by atoms with Crippen molar-refractivity contribution in [3.05, 3.63) is 76.2 Å². The lowest BCUT2D eigenvalue weighted by Crippen LogP contribution is -2.33. The summed E-state index contributed by atoms with van der Waals surface area (Å²) in [4.78, 5) is 34.1. The number of carbonyl (C=O) groups is 1. The van der Waals surface area contributed by atoms with Gasteiger partial charge in [-0.05, 0) is 25.3 Å². The van der Waals surface area contributed by atoms with Crippen molar-refractivity contribution in [2.75, 3.05) is 7.11 Å². The van der Waals surface area contributed by atoms with E-state index in [1.54, 1.807) is 24.1 Å². The molecule has 3 aromatic rings. The van der Waals surface area contributed by atoms with Crippen molar-refractivity contribution in [3.8, 4) is 16.9 Å². The van der Waals surface area contributed by atoms with Gasteiger partial charge in [-0.2, -0.15) is 0 Å². The van der Waals surface area contributed by atoms with Crippen LogP contribution in [0.25, 0.3) is 11.1 Å². The molecule has 7 nitrogen and oxygen atoms in total. The fraction of sp³-hybridized carbons (Fsp3) is 0.273. The number of methoxy groups -OCH3 is 1. The number of para-hydroxylation sites is 1. The lowest BCUT2D eigenvalue weighted by atomic mass is 9.95. The maximum absolute atomic E-state index is 13.3. The topological polar surface area (TPSA) is 86.1 Å². The number of hydrogen-bond acceptors (Lipinski definition) is 5. The molecule has 3 heterocycles. The first-order valence-corrected chi connectivity index (χ1v) is 9.61. The molecule has 1 aliphatic heterocycles. The van der Waals surface area contributed by atoms with Crippen molar-refractivity contribution >= 4 is 5.91 Å². The largest absolute Gasteiger partial charge is 0.496 e. The summed E-state index contributed by atoms with van der Waals surface area (Å²) in [5, 5.41) is 2.99. The predicted molar refractivity (Wildman–Crippen MR) is 109 cm³/mol. The first-order valence-electron chi connectivity index (χ1n) is 9.61. The summed E-state index contributed by atoms with van der Waals surface area (Å²) in [6.07, 6.45) is 7.24. The minimum absolute atomic E-state index is 0.0974. The molecule has 7 heteroatoms. The third-order valence-corrected chi connectivity index (χ3v) is 5.19. The maximum Gasteiger partial charge on any atom is 0.253 e. The number of carbonyl (C=O) groups excluding carboxylic acids is 1. The molecule has 0 fully saturated rings. The number of nitrogens with zero attached hydrogens (tertiary/aromatic N) is 3. The second-order valence-electron chi connectivity index (χ2n) is 6.95. The highest BCUT2D eigenvalue weighted by Crippen LogP contribution is 2.27. The van der Waals surface area contributed by atoms with Crippen LogP contribution in [-0.2, 0) is 19.5 Å². The smallest absolute Gasteiger partial charge is 0.253 e. The van der Waals surface area contributed by atoms with Crippen LogP contribution in [0.2, 0.25) is 0 Å². The predicted octanol–water partition coefficient (Wildman–Crippen LogP) is 2.58. The molecule has 1 N–H and O–H groups in total. The van der Waals surface area contributed by atoms with E-state index in [9.17, 15) is 9.59 Å². The van der Waals surface area contributed by atoms with Gasteiger partial charge in [0.15, 0.2) is 0 Å². The fourth-order valence-electron chi connectivity index (χ4n) is 3.80. The molecule has 1 aliphatic rings. The zero-order chi connectivity index (χ0) is 20.2. The average Bonchev–Trinajstić information content (AvgIpc) is 2.78. The normalized spacial score (nSPS) is 12.9. The van der Waals surface area contributed by atoms with Gasteiger partial charge >= 0.3 is 0 Å². The summed E-state index contributed by atoms with van der Waals surface area (Å²) in [5.74, 6) is 0.496. The van der Waals surface area contributed by atoms with Crippen LogP contribution >= 0.6 is 0 Å². The number of aromatic nitrogens is 3. The number of ether oxygens (including phenoxy) is 1. The van der Waals surface area contributed by atoms with E-state index < -0.39 is 0 Å². The molecule has 148 valence electrons. The maximum atomic E-state index is 13.3. The molecule has 1 amide bonds. The number of nitrogens with one attached hydrogen (secondary N) is 1. The van der Waals surface area contributed by atoms with Gasteiger partial charge in [-0.25, -0.2) is 9.97 Å². The SMILES string of the molecule is COc1ccccc1CNC(=O)c1c(-c2cncnc2)cc(=O)n2c1CCCC2. The highest BCUT2D eigenvalue weighted by Gasteiger charge is 2.24. The number of rotatable bonds is 5. The Balaban J connectivity index is 1.75. The molecular formula is C22H22N4O3. The van der Waals surface area contributed by atoms with Gasteiger partial charge in [-0.3, -0.25) is 9.59 Å². The van der Waals surface area contributed by atoms with Crippen LogP contribution in [0.4, 0.5) is 0 Å². The Morgan fingerprint density at radius 2 is 2.00 bits per heavy atom. The monoisotopic (exact) mass is 390 g/mol. The minimum atomic E-state index is -0.222. The average molecular weight is 390 g/mol. The lowest BCUT2D eigenvalue weighted by Gasteiger charge is -2.23. The molecule has 0 saturated carbocycles. The summed E-state index contributed by atoms with van der Waals surface area (Å²) in [5.41, 5.74) is 3.31. The summed E-state index contributed by atoms with van der Waals surface area (Å²) < 4.78 is 7.09. The quantitative estimate of drug-likeness (QED) is 0.724. The molecule has 1 aromatic carbocycles. The second kappa shape index (κ2) is 8.26. The highest BCUT2D eigenvalue weighted by atomic mass is 16.5. The van der Waals surface area contributed by atoms with Gasteiger partial charge in [0.1, 0.15) is 12.1 Å². The zero-order valence-electron chi connectivity index (χ0n) is 16.2. The summed E-state index contributed by atoms with van der Waals surface area (Å²) in [7, 11) is 1.61. The van der Waals surface area contributed by atoms with E-state index in [-0.39, 0.29) is 11.5 Å². The van der Waals surface area contributed by atoms with E-state index in [1.165, 1.54) is 12.4 Å². The Morgan fingerprint density at radius 3 is 2.79 bits per heavy atom. The molecule has 0 atom stereocenters. The van der Waals surface area contributed by atoms with E-state index >= 15 is 0 Å². The molecule has 2 aromatic heterocycles. The van der Waals surface area contributed by atoms with Crippen molar-refractivity contribution in [2.45, 2.75) is 32.4 Å². The van der Waals surface area contributed by atoms with Crippen molar-refractivity contribution in [2.24, 2.45) is 0 Å². The van der Waals surface area contributed by atoms with Gasteiger partial charge in [-0.15, -0.1) is 0 Å². The van der Waals surface area contributed by atoms with E-state index in [4.69, 9.17) is 4.74 Å². The van der Waals surface area contributed by atoms with Crippen LogP contribution in [0.15, 0.2) is 53.8 Å². The first kappa shape index (κ1) is 18.9. The van der Waals surface area contributed by atoms with Crippen LogP contribution in [0.5, 0.6) is 5.75 Å². The molecule has 0 unspecified atom stereocenters. The van der Waals surface area contributed by atoms with Crippen LogP contribution in [0, 0.1) is 0 Å². The molecule has 0 saturated heterocycles. The van der Waals surface area contributed by atoms with Crippen molar-refractivity contribution < 1.29 is 9.53 Å². The van der Waals surface area contributed by atoms with Gasteiger partial charge in [-0.1, -0.05) is 18.2 Å². The van der Waals surface area contributed by atoms with Gasteiger partial charge < -0.3 is 14.6 Å². The Hall–Kier alpha value is -3.48. The molecule has 0 spiro atoms. The first-order chi connectivity index (χ1) is 14.2. The van der Waals surface area contributed by atoms with Crippen molar-refractivity contribution in [1.29, 1.82) is 0 Å². The number of hydrogen-bond donors (Lipinski definition) is 1. The number of fused-ring (bicyclic) bond motifs is 1. The lowest BCUT2D eigenvalue weighted by molar-refractivity contribution is 0.0949. The van der Waals surface area contributed by atoms with E-state index in [0.717, 1.165) is 29.8 Å². The fourth-order valence-corrected chi connectivity index (χ4v) is 3.80. The number of pyridine rings is 1. The third-order valence-electron chi connectivity index (χ3n) is 5.19. The third kappa shape index (κ3) is 3.76. The molecular weight excluding hydrogens is 368 g/mol. The Labute approximate surface area is 168 Å². The van der Waals surface area contributed by atoms with Gasteiger partial charge in [0, 0.05) is 53.9 Å². The van der Waals surface area contributed by atoms with Crippen LogP contribution in [0.1, 0.15) is 34.5 Å². The Kier molecular flexibility index (Phi) is 5.37. The minimum Gasteiger partial charge on any atom is -0.496 e. The van der Waals surface area contributed by atoms with Crippen molar-refractivity contribution in [3.63, 3.8) is 0 Å². The highest BCUT2D eigenvalue weighted by molar-refractivity contribution is 6.01. The second-order valence-corrected chi connectivity index (χ2v) is 6.95. The van der Waals surface area contributed by atoms with Gasteiger partial charge in [0.2, 0.25) is 0 Å². The van der Waals surface area contributed by atoms with Crippen LogP contribution in [0.3, 0.4) is 0 Å². The molecule has 0 bridgehead atoms. The Morgan fingerprint density at radius 1 is 1.21 bits per heavy atom.